The van der Waals surface area contributed by atoms with Crippen LogP contribution in [-0.2, 0) is 0 Å². The summed E-state index contributed by atoms with van der Waals surface area (Å²) in [5.41, 5.74) is 0.912. The predicted octanol–water partition coefficient (Wildman–Crippen LogP) is 1.75. The number of ether oxygens (including phenoxy) is 1. The largest absolute Gasteiger partial charge is 0.452 e. The number of hydrogen-bond acceptors (Lipinski definition) is 4. The number of nitrogens with zero attached hydrogens (tertiary/aromatic N) is 2. The first-order valence-electron chi connectivity index (χ1n) is 3.83. The van der Waals surface area contributed by atoms with E-state index in [2.05, 4.69) is 10.1 Å². The molecule has 0 amide bonds. The van der Waals surface area contributed by atoms with Gasteiger partial charge in [-0.3, -0.25) is 4.52 Å². The molecule has 0 spiro atoms. The molecule has 2 aromatic rings. The van der Waals surface area contributed by atoms with Crippen molar-refractivity contribution in [1.29, 1.82) is 0 Å². The average molecular weight is 176 g/mol. The zero-order valence-corrected chi connectivity index (χ0v) is 7.10. The van der Waals surface area contributed by atoms with Gasteiger partial charge in [-0.1, -0.05) is 35.5 Å². The van der Waals surface area contributed by atoms with Crippen LogP contribution >= 0.6 is 0 Å². The van der Waals surface area contributed by atoms with Gasteiger partial charge in [0.1, 0.15) is 0 Å². The number of rotatable bonds is 2. The third-order valence-electron chi connectivity index (χ3n) is 1.61. The van der Waals surface area contributed by atoms with Crippen LogP contribution in [0.1, 0.15) is 0 Å². The molecule has 66 valence electrons. The van der Waals surface area contributed by atoms with Crippen LogP contribution in [0.4, 0.5) is 0 Å². The normalized spacial score (nSPS) is 9.92. The molecule has 0 unspecified atom stereocenters. The van der Waals surface area contributed by atoms with Crippen molar-refractivity contribution >= 4 is 0 Å². The van der Waals surface area contributed by atoms with Crippen molar-refractivity contribution in [3.05, 3.63) is 30.3 Å². The van der Waals surface area contributed by atoms with E-state index in [1.807, 2.05) is 30.3 Å². The van der Waals surface area contributed by atoms with Crippen LogP contribution < -0.4 is 4.74 Å². The quantitative estimate of drug-likeness (QED) is 0.699. The Hall–Kier alpha value is -1.84. The van der Waals surface area contributed by atoms with Crippen LogP contribution in [0, 0.1) is 0 Å². The van der Waals surface area contributed by atoms with Gasteiger partial charge < -0.3 is 4.74 Å². The van der Waals surface area contributed by atoms with Gasteiger partial charge in [0.05, 0.1) is 7.11 Å². The summed E-state index contributed by atoms with van der Waals surface area (Å²) in [5.74, 6) is 0.539. The zero-order chi connectivity index (χ0) is 9.10. The molecule has 0 fully saturated rings. The first-order chi connectivity index (χ1) is 6.40. The summed E-state index contributed by atoms with van der Waals surface area (Å²) in [4.78, 5) is 4.00. The summed E-state index contributed by atoms with van der Waals surface area (Å²) in [5, 5.41) is 3.75. The topological polar surface area (TPSA) is 48.2 Å². The standard InChI is InChI=1S/C9H8N2O2/c1-12-9-10-8(11-13-9)7-5-3-2-4-6-7/h2-6H,1H3. The molecule has 0 saturated carbocycles. The fraction of sp³-hybridized carbons (Fsp3) is 0.111. The lowest BCUT2D eigenvalue weighted by molar-refractivity contribution is 0.250. The van der Waals surface area contributed by atoms with Crippen LogP contribution in [0.3, 0.4) is 0 Å². The van der Waals surface area contributed by atoms with Gasteiger partial charge in [0.15, 0.2) is 0 Å². The van der Waals surface area contributed by atoms with Crippen molar-refractivity contribution in [1.82, 2.24) is 10.1 Å². The number of hydrogen-bond donors (Lipinski definition) is 0. The third kappa shape index (κ3) is 1.51. The smallest absolute Gasteiger partial charge is 0.417 e. The summed E-state index contributed by atoms with van der Waals surface area (Å²) in [6.45, 7) is 0. The van der Waals surface area contributed by atoms with Crippen molar-refractivity contribution in [2.75, 3.05) is 7.11 Å². The van der Waals surface area contributed by atoms with Crippen LogP contribution in [0.5, 0.6) is 6.08 Å². The molecule has 2 rings (SSSR count). The van der Waals surface area contributed by atoms with Gasteiger partial charge in [0.25, 0.3) is 0 Å². The monoisotopic (exact) mass is 176 g/mol. The molecule has 1 aromatic carbocycles. The predicted molar refractivity (Wildman–Crippen MR) is 46.3 cm³/mol. The van der Waals surface area contributed by atoms with E-state index in [1.54, 1.807) is 0 Å². The lowest BCUT2D eigenvalue weighted by Gasteiger charge is -1.89. The molecule has 4 heteroatoms. The summed E-state index contributed by atoms with van der Waals surface area (Å²) in [7, 11) is 1.49. The molecule has 13 heavy (non-hydrogen) atoms. The van der Waals surface area contributed by atoms with Crippen molar-refractivity contribution in [3.63, 3.8) is 0 Å². The molecule has 0 aliphatic carbocycles. The molecule has 0 radical (unpaired) electrons. The van der Waals surface area contributed by atoms with Crippen molar-refractivity contribution < 1.29 is 9.26 Å². The first-order valence-corrected chi connectivity index (χ1v) is 3.83. The van der Waals surface area contributed by atoms with E-state index in [-0.39, 0.29) is 6.08 Å². The Labute approximate surface area is 75.2 Å². The Bertz CT molecular complexity index is 384. The maximum atomic E-state index is 4.78. The van der Waals surface area contributed by atoms with Gasteiger partial charge in [-0.2, -0.15) is 4.98 Å². The molecule has 0 aliphatic heterocycles. The molecular weight excluding hydrogens is 168 g/mol. The van der Waals surface area contributed by atoms with E-state index < -0.39 is 0 Å². The summed E-state index contributed by atoms with van der Waals surface area (Å²) < 4.78 is 9.56. The van der Waals surface area contributed by atoms with Gasteiger partial charge in [-0.05, 0) is 0 Å². The highest BCUT2D eigenvalue weighted by Gasteiger charge is 2.06. The van der Waals surface area contributed by atoms with Crippen molar-refractivity contribution in [2.45, 2.75) is 0 Å². The zero-order valence-electron chi connectivity index (χ0n) is 7.10. The fourth-order valence-corrected chi connectivity index (χ4v) is 0.997. The van der Waals surface area contributed by atoms with Gasteiger partial charge in [0.2, 0.25) is 5.82 Å². The van der Waals surface area contributed by atoms with Gasteiger partial charge >= 0.3 is 6.08 Å². The van der Waals surface area contributed by atoms with E-state index in [4.69, 9.17) is 9.26 Å². The molecular formula is C9H8N2O2. The number of benzene rings is 1. The highest BCUT2D eigenvalue weighted by Crippen LogP contribution is 2.17. The van der Waals surface area contributed by atoms with Crippen molar-refractivity contribution in [2.24, 2.45) is 0 Å². The number of methoxy groups -OCH3 is 1. The maximum Gasteiger partial charge on any atom is 0.417 e. The minimum absolute atomic E-state index is 0.179. The fourth-order valence-electron chi connectivity index (χ4n) is 0.997. The van der Waals surface area contributed by atoms with Crippen LogP contribution in [0.25, 0.3) is 11.4 Å². The Kier molecular flexibility index (Phi) is 1.96. The Morgan fingerprint density at radius 3 is 2.62 bits per heavy atom. The Balaban J connectivity index is 2.36. The minimum Gasteiger partial charge on any atom is -0.452 e. The first kappa shape index (κ1) is 7.79. The van der Waals surface area contributed by atoms with E-state index in [0.29, 0.717) is 5.82 Å². The van der Waals surface area contributed by atoms with Gasteiger partial charge in [-0.25, -0.2) is 0 Å². The molecule has 0 bridgehead atoms. The van der Waals surface area contributed by atoms with Gasteiger partial charge in [0, 0.05) is 5.56 Å². The summed E-state index contributed by atoms with van der Waals surface area (Å²) >= 11 is 0. The lowest BCUT2D eigenvalue weighted by atomic mass is 10.2. The molecule has 0 saturated heterocycles. The second kappa shape index (κ2) is 3.26. The number of aromatic nitrogens is 2. The highest BCUT2D eigenvalue weighted by atomic mass is 16.6. The molecule has 0 atom stereocenters. The average Bonchev–Trinajstić information content (AvgIpc) is 2.67. The summed E-state index contributed by atoms with van der Waals surface area (Å²) in [6.07, 6.45) is 0.179. The van der Waals surface area contributed by atoms with E-state index in [9.17, 15) is 0 Å². The molecule has 4 nitrogen and oxygen atoms in total. The molecule has 0 N–H and O–H groups in total. The Morgan fingerprint density at radius 2 is 2.00 bits per heavy atom. The molecule has 1 heterocycles. The third-order valence-corrected chi connectivity index (χ3v) is 1.61. The van der Waals surface area contributed by atoms with E-state index in [0.717, 1.165) is 5.56 Å². The minimum atomic E-state index is 0.179. The second-order valence-corrected chi connectivity index (χ2v) is 2.45. The second-order valence-electron chi connectivity index (χ2n) is 2.45. The molecule has 1 aromatic heterocycles. The summed E-state index contributed by atoms with van der Waals surface area (Å²) in [6, 6.07) is 9.58. The molecule has 0 aliphatic rings. The lowest BCUT2D eigenvalue weighted by Crippen LogP contribution is -1.82. The van der Waals surface area contributed by atoms with Crippen molar-refractivity contribution in [3.8, 4) is 17.5 Å². The van der Waals surface area contributed by atoms with E-state index in [1.165, 1.54) is 7.11 Å². The SMILES string of the molecule is COc1nc(-c2ccccc2)no1. The van der Waals surface area contributed by atoms with Crippen LogP contribution in [-0.4, -0.2) is 17.3 Å². The van der Waals surface area contributed by atoms with Crippen LogP contribution in [0.2, 0.25) is 0 Å². The highest BCUT2D eigenvalue weighted by molar-refractivity contribution is 5.53. The van der Waals surface area contributed by atoms with Gasteiger partial charge in [-0.15, -0.1) is 0 Å². The maximum absolute atomic E-state index is 4.78. The van der Waals surface area contributed by atoms with E-state index >= 15 is 0 Å². The Morgan fingerprint density at radius 1 is 1.23 bits per heavy atom. The van der Waals surface area contributed by atoms with Crippen LogP contribution in [0.15, 0.2) is 34.9 Å².